The van der Waals surface area contributed by atoms with Gasteiger partial charge in [-0.05, 0) is 42.0 Å². The van der Waals surface area contributed by atoms with Gasteiger partial charge in [-0.1, -0.05) is 103 Å². The molecule has 3 aromatic heterocycles. The van der Waals surface area contributed by atoms with Crippen molar-refractivity contribution in [3.8, 4) is 45.2 Å². The fourth-order valence-corrected chi connectivity index (χ4v) is 5.97. The van der Waals surface area contributed by atoms with Gasteiger partial charge in [0.15, 0.2) is 11.4 Å². The fraction of sp³-hybridized carbons (Fsp3) is 0. The van der Waals surface area contributed by atoms with Gasteiger partial charge in [0.25, 0.3) is 0 Å². The maximum absolute atomic E-state index is 6.28. The second kappa shape index (κ2) is 9.75. The van der Waals surface area contributed by atoms with Crippen molar-refractivity contribution in [2.24, 2.45) is 0 Å². The van der Waals surface area contributed by atoms with Crippen molar-refractivity contribution in [1.82, 2.24) is 15.0 Å². The molecular weight excluding hydrogens is 542 g/mol. The molecule has 0 radical (unpaired) electrons. The first kappa shape index (κ1) is 24.5. The van der Waals surface area contributed by atoms with Crippen molar-refractivity contribution in [2.75, 3.05) is 0 Å². The van der Waals surface area contributed by atoms with E-state index < -0.39 is 0 Å². The second-order valence-electron chi connectivity index (χ2n) is 10.8. The van der Waals surface area contributed by atoms with Crippen LogP contribution in [0.5, 0.6) is 0 Å². The number of oxazole rings is 1. The Kier molecular flexibility index (Phi) is 5.43. The normalized spacial score (nSPS) is 11.6. The number of fused-ring (bicyclic) bond motifs is 5. The van der Waals surface area contributed by atoms with E-state index in [1.807, 2.05) is 72.8 Å². The summed E-state index contributed by atoms with van der Waals surface area (Å²) in [7, 11) is 0. The van der Waals surface area contributed by atoms with Gasteiger partial charge in [0.05, 0.1) is 11.2 Å². The molecule has 0 atom stereocenters. The van der Waals surface area contributed by atoms with Gasteiger partial charge in [0.2, 0.25) is 5.89 Å². The van der Waals surface area contributed by atoms with E-state index in [4.69, 9.17) is 18.8 Å². The Hall–Kier alpha value is -6.07. The van der Waals surface area contributed by atoms with Crippen LogP contribution in [0.3, 0.4) is 0 Å². The minimum atomic E-state index is 0.601. The Morgan fingerprint density at radius 1 is 0.386 bits per heavy atom. The largest absolute Gasteiger partial charge is 0.455 e. The molecule has 206 valence electrons. The Balaban J connectivity index is 1.10. The lowest BCUT2D eigenvalue weighted by molar-refractivity contribution is 0.620. The SMILES string of the molecule is c1ccc2oc(-c3ccc(-c4nc(-c5ccc(-c6cccc7c6oc6ccccc67)cc5)nc5ccccc45)cc3)nc2c1. The molecule has 0 aliphatic rings. The highest BCUT2D eigenvalue weighted by molar-refractivity contribution is 6.09. The average molecular weight is 566 g/mol. The Labute approximate surface area is 252 Å². The summed E-state index contributed by atoms with van der Waals surface area (Å²) in [5.41, 5.74) is 10.2. The van der Waals surface area contributed by atoms with Gasteiger partial charge in [0.1, 0.15) is 16.7 Å². The van der Waals surface area contributed by atoms with E-state index in [1.54, 1.807) is 0 Å². The molecule has 0 fully saturated rings. The minimum absolute atomic E-state index is 0.601. The standard InChI is InChI=1S/C39H23N3O2/c1-3-12-32-31(9-1)36(25-18-22-27(23-19-25)39-41-33-13-4-6-15-35(33)44-39)42-38(40-32)26-20-16-24(17-21-26)28-10-7-11-30-29-8-2-5-14-34(29)43-37(28)30/h1-23H. The summed E-state index contributed by atoms with van der Waals surface area (Å²) in [4.78, 5) is 14.7. The van der Waals surface area contributed by atoms with Crippen molar-refractivity contribution in [1.29, 1.82) is 0 Å². The molecule has 0 aliphatic carbocycles. The molecule has 44 heavy (non-hydrogen) atoms. The summed E-state index contributed by atoms with van der Waals surface area (Å²) in [6.07, 6.45) is 0. The average Bonchev–Trinajstić information content (AvgIpc) is 3.70. The molecule has 0 aliphatic heterocycles. The number of para-hydroxylation sites is 5. The van der Waals surface area contributed by atoms with Crippen molar-refractivity contribution in [3.05, 3.63) is 140 Å². The predicted octanol–water partition coefficient (Wildman–Crippen LogP) is 10.3. The third kappa shape index (κ3) is 3.98. The number of hydrogen-bond acceptors (Lipinski definition) is 5. The summed E-state index contributed by atoms with van der Waals surface area (Å²) in [5, 5.41) is 3.24. The van der Waals surface area contributed by atoms with Crippen LogP contribution < -0.4 is 0 Å². The molecule has 0 bridgehead atoms. The third-order valence-electron chi connectivity index (χ3n) is 8.16. The summed E-state index contributed by atoms with van der Waals surface area (Å²) in [6.45, 7) is 0. The summed E-state index contributed by atoms with van der Waals surface area (Å²) in [5.74, 6) is 1.28. The number of rotatable bonds is 4. The van der Waals surface area contributed by atoms with Gasteiger partial charge in [-0.15, -0.1) is 0 Å². The topological polar surface area (TPSA) is 65.0 Å². The number of furan rings is 1. The molecule has 0 saturated heterocycles. The smallest absolute Gasteiger partial charge is 0.227 e. The van der Waals surface area contributed by atoms with Gasteiger partial charge < -0.3 is 8.83 Å². The van der Waals surface area contributed by atoms with Gasteiger partial charge in [0, 0.05) is 38.4 Å². The van der Waals surface area contributed by atoms with Crippen LogP contribution in [0, 0.1) is 0 Å². The van der Waals surface area contributed by atoms with Gasteiger partial charge in [-0.3, -0.25) is 0 Å². The monoisotopic (exact) mass is 565 g/mol. The van der Waals surface area contributed by atoms with Crippen LogP contribution in [0.25, 0.3) is 89.2 Å². The van der Waals surface area contributed by atoms with Crippen LogP contribution in [0.4, 0.5) is 0 Å². The molecule has 0 spiro atoms. The van der Waals surface area contributed by atoms with Crippen LogP contribution in [-0.2, 0) is 0 Å². The first-order valence-corrected chi connectivity index (χ1v) is 14.5. The quantitative estimate of drug-likeness (QED) is 0.212. The van der Waals surface area contributed by atoms with E-state index in [2.05, 4.69) is 71.7 Å². The van der Waals surface area contributed by atoms with Crippen LogP contribution in [-0.4, -0.2) is 15.0 Å². The molecule has 0 saturated carbocycles. The predicted molar refractivity (Wildman–Crippen MR) is 176 cm³/mol. The zero-order valence-electron chi connectivity index (χ0n) is 23.4. The van der Waals surface area contributed by atoms with Crippen molar-refractivity contribution < 1.29 is 8.83 Å². The van der Waals surface area contributed by atoms with E-state index in [0.717, 1.165) is 77.5 Å². The van der Waals surface area contributed by atoms with Crippen LogP contribution in [0.15, 0.2) is 148 Å². The second-order valence-corrected chi connectivity index (χ2v) is 10.8. The maximum Gasteiger partial charge on any atom is 0.227 e. The van der Waals surface area contributed by atoms with Gasteiger partial charge in [-0.25, -0.2) is 15.0 Å². The summed E-state index contributed by atoms with van der Waals surface area (Å²) in [6, 6.07) is 47.0. The summed E-state index contributed by atoms with van der Waals surface area (Å²) < 4.78 is 12.3. The van der Waals surface area contributed by atoms with Crippen LogP contribution in [0.1, 0.15) is 0 Å². The molecule has 0 unspecified atom stereocenters. The highest BCUT2D eigenvalue weighted by Crippen LogP contribution is 2.37. The molecule has 0 N–H and O–H groups in total. The van der Waals surface area contributed by atoms with Crippen molar-refractivity contribution in [2.45, 2.75) is 0 Å². The molecule has 9 rings (SSSR count). The highest BCUT2D eigenvalue weighted by Gasteiger charge is 2.15. The molecular formula is C39H23N3O2. The molecule has 0 amide bonds. The van der Waals surface area contributed by atoms with Crippen molar-refractivity contribution in [3.63, 3.8) is 0 Å². The lowest BCUT2D eigenvalue weighted by atomic mass is 10.0. The van der Waals surface area contributed by atoms with Crippen molar-refractivity contribution >= 4 is 43.9 Å². The fourth-order valence-electron chi connectivity index (χ4n) is 5.97. The van der Waals surface area contributed by atoms with E-state index in [1.165, 1.54) is 0 Å². The lowest BCUT2D eigenvalue weighted by Crippen LogP contribution is -1.95. The third-order valence-corrected chi connectivity index (χ3v) is 8.16. The first-order chi connectivity index (χ1) is 21.8. The highest BCUT2D eigenvalue weighted by atomic mass is 16.3. The molecule has 5 nitrogen and oxygen atoms in total. The number of aromatic nitrogens is 3. The number of benzene rings is 6. The molecule has 6 aromatic carbocycles. The zero-order valence-corrected chi connectivity index (χ0v) is 23.4. The Bertz CT molecular complexity index is 2460. The van der Waals surface area contributed by atoms with E-state index in [9.17, 15) is 0 Å². The summed E-state index contributed by atoms with van der Waals surface area (Å²) >= 11 is 0. The van der Waals surface area contributed by atoms with Gasteiger partial charge in [-0.2, -0.15) is 0 Å². The van der Waals surface area contributed by atoms with E-state index in [-0.39, 0.29) is 0 Å². The molecule has 3 heterocycles. The van der Waals surface area contributed by atoms with Crippen LogP contribution >= 0.6 is 0 Å². The van der Waals surface area contributed by atoms with E-state index >= 15 is 0 Å². The maximum atomic E-state index is 6.28. The minimum Gasteiger partial charge on any atom is -0.455 e. The lowest BCUT2D eigenvalue weighted by Gasteiger charge is -2.10. The molecule has 5 heteroatoms. The van der Waals surface area contributed by atoms with E-state index in [0.29, 0.717) is 11.7 Å². The Morgan fingerprint density at radius 2 is 1.02 bits per heavy atom. The Morgan fingerprint density at radius 3 is 1.84 bits per heavy atom. The van der Waals surface area contributed by atoms with Gasteiger partial charge >= 0.3 is 0 Å². The number of nitrogens with zero attached hydrogens (tertiary/aromatic N) is 3. The molecule has 9 aromatic rings. The first-order valence-electron chi connectivity index (χ1n) is 14.5. The zero-order chi connectivity index (χ0) is 29.0. The van der Waals surface area contributed by atoms with Crippen LogP contribution in [0.2, 0.25) is 0 Å². The number of hydrogen-bond donors (Lipinski definition) is 0.